The van der Waals surface area contributed by atoms with Crippen LogP contribution < -0.4 is 0 Å². The van der Waals surface area contributed by atoms with Crippen molar-refractivity contribution in [2.75, 3.05) is 0 Å². The number of carbonyl (C=O) groups is 2. The van der Waals surface area contributed by atoms with Crippen molar-refractivity contribution in [1.29, 1.82) is 0 Å². The van der Waals surface area contributed by atoms with Gasteiger partial charge in [0, 0.05) is 17.1 Å². The highest BCUT2D eigenvalue weighted by molar-refractivity contribution is 6.49. The van der Waals surface area contributed by atoms with Crippen molar-refractivity contribution in [3.05, 3.63) is 22.3 Å². The van der Waals surface area contributed by atoms with Crippen molar-refractivity contribution in [1.82, 2.24) is 0 Å². The number of fused-ring (bicyclic) bond motifs is 1. The Bertz CT molecular complexity index is 450. The van der Waals surface area contributed by atoms with E-state index in [4.69, 9.17) is 0 Å². The Balaban J connectivity index is 2.53. The first kappa shape index (κ1) is 12.2. The number of carbonyl (C=O) groups excluding carboxylic acids is 2. The van der Waals surface area contributed by atoms with Gasteiger partial charge in [-0.3, -0.25) is 9.59 Å². The molecule has 92 valence electrons. The lowest BCUT2D eigenvalue weighted by Gasteiger charge is -2.16. The van der Waals surface area contributed by atoms with E-state index in [2.05, 4.69) is 0 Å². The number of hydrogen-bond acceptors (Lipinski definition) is 3. The molecule has 2 rings (SSSR count). The molecule has 0 bridgehead atoms. The van der Waals surface area contributed by atoms with Crippen molar-refractivity contribution in [3.8, 4) is 0 Å². The summed E-state index contributed by atoms with van der Waals surface area (Å²) in [5.41, 5.74) is 3.03. The van der Waals surface area contributed by atoms with Crippen molar-refractivity contribution in [2.45, 2.75) is 46.1 Å². The van der Waals surface area contributed by atoms with Crippen molar-refractivity contribution < 1.29 is 14.7 Å². The molecule has 1 fully saturated rings. The molecule has 2 aliphatic rings. The van der Waals surface area contributed by atoms with Crippen LogP contribution in [0, 0.1) is 5.92 Å². The van der Waals surface area contributed by atoms with Gasteiger partial charge >= 0.3 is 0 Å². The van der Waals surface area contributed by atoms with Crippen LogP contribution >= 0.6 is 0 Å². The largest absolute Gasteiger partial charge is 0.392 e. The summed E-state index contributed by atoms with van der Waals surface area (Å²) in [6.45, 7) is 5.42. The first-order chi connectivity index (χ1) is 7.93. The summed E-state index contributed by atoms with van der Waals surface area (Å²) >= 11 is 0. The van der Waals surface area contributed by atoms with E-state index in [-0.39, 0.29) is 17.5 Å². The highest BCUT2D eigenvalue weighted by atomic mass is 16.3. The fourth-order valence-electron chi connectivity index (χ4n) is 2.84. The average molecular weight is 234 g/mol. The van der Waals surface area contributed by atoms with Crippen LogP contribution in [-0.4, -0.2) is 22.8 Å². The van der Waals surface area contributed by atoms with Gasteiger partial charge in [0.25, 0.3) is 0 Å². The van der Waals surface area contributed by atoms with Gasteiger partial charge in [-0.15, -0.1) is 0 Å². The average Bonchev–Trinajstić information content (AvgIpc) is 2.60. The lowest BCUT2D eigenvalue weighted by Crippen LogP contribution is -2.18. The minimum Gasteiger partial charge on any atom is -0.392 e. The molecule has 0 radical (unpaired) electrons. The third kappa shape index (κ3) is 1.89. The normalized spacial score (nSPS) is 29.5. The zero-order chi connectivity index (χ0) is 12.7. The zero-order valence-corrected chi connectivity index (χ0v) is 10.5. The number of Topliss-reactive ketones (excluding diaryl/α,β-unsaturated/α-hetero) is 2. The van der Waals surface area contributed by atoms with Crippen LogP contribution in [0.2, 0.25) is 0 Å². The van der Waals surface area contributed by atoms with Gasteiger partial charge < -0.3 is 5.11 Å². The molecule has 0 aromatic heterocycles. The molecular formula is C14H18O3. The van der Waals surface area contributed by atoms with Gasteiger partial charge in [0.1, 0.15) is 0 Å². The lowest BCUT2D eigenvalue weighted by molar-refractivity contribution is -0.132. The van der Waals surface area contributed by atoms with Crippen LogP contribution in [-0.2, 0) is 9.59 Å². The lowest BCUT2D eigenvalue weighted by atomic mass is 9.91. The number of allylic oxidation sites excluding steroid dienone is 3. The maximum atomic E-state index is 12.0. The fraction of sp³-hybridized carbons (Fsp3) is 0.571. The van der Waals surface area contributed by atoms with E-state index in [1.807, 2.05) is 13.8 Å². The molecule has 1 N–H and O–H groups in total. The Morgan fingerprint density at radius 2 is 1.88 bits per heavy atom. The number of rotatable bonds is 0. The van der Waals surface area contributed by atoms with E-state index in [0.29, 0.717) is 24.0 Å². The summed E-state index contributed by atoms with van der Waals surface area (Å²) in [5.74, 6) is -0.792. The summed E-state index contributed by atoms with van der Waals surface area (Å²) < 4.78 is 0. The molecule has 3 heteroatoms. The highest BCUT2D eigenvalue weighted by Crippen LogP contribution is 2.40. The molecule has 2 atom stereocenters. The van der Waals surface area contributed by atoms with Crippen LogP contribution in [0.4, 0.5) is 0 Å². The molecule has 0 aromatic rings. The fourth-order valence-corrected chi connectivity index (χ4v) is 2.84. The first-order valence-corrected chi connectivity index (χ1v) is 6.06. The SMILES string of the molecule is CC(C)=C1C[C@H]2C(=C(C)C(=O)C1=O)CC[C@H]2O. The molecule has 0 amide bonds. The van der Waals surface area contributed by atoms with Gasteiger partial charge in [0.2, 0.25) is 11.6 Å². The molecule has 1 saturated carbocycles. The predicted octanol–water partition coefficient (Wildman–Crippen LogP) is 1.95. The molecule has 3 nitrogen and oxygen atoms in total. The molecule has 0 aromatic carbocycles. The van der Waals surface area contributed by atoms with E-state index in [9.17, 15) is 14.7 Å². The van der Waals surface area contributed by atoms with Crippen LogP contribution in [0.3, 0.4) is 0 Å². The predicted molar refractivity (Wildman–Crippen MR) is 64.4 cm³/mol. The molecule has 0 saturated heterocycles. The molecule has 0 aliphatic heterocycles. The van der Waals surface area contributed by atoms with Crippen LogP contribution in [0.25, 0.3) is 0 Å². The molecule has 0 unspecified atom stereocenters. The van der Waals surface area contributed by atoms with E-state index >= 15 is 0 Å². The van der Waals surface area contributed by atoms with Gasteiger partial charge in [-0.1, -0.05) is 11.1 Å². The Morgan fingerprint density at radius 1 is 1.24 bits per heavy atom. The summed E-state index contributed by atoms with van der Waals surface area (Å²) in [5, 5.41) is 9.96. The summed E-state index contributed by atoms with van der Waals surface area (Å²) in [4.78, 5) is 24.0. The Labute approximate surface area is 101 Å². The minimum atomic E-state index is -0.409. The number of aliphatic hydroxyl groups is 1. The van der Waals surface area contributed by atoms with Gasteiger partial charge in [0.05, 0.1) is 6.10 Å². The van der Waals surface area contributed by atoms with E-state index in [1.165, 1.54) is 0 Å². The number of ketones is 2. The number of hydrogen-bond donors (Lipinski definition) is 1. The molecule has 2 aliphatic carbocycles. The smallest absolute Gasteiger partial charge is 0.229 e. The number of aliphatic hydroxyl groups excluding tert-OH is 1. The summed E-state index contributed by atoms with van der Waals surface area (Å²) in [7, 11) is 0. The van der Waals surface area contributed by atoms with Gasteiger partial charge in [-0.25, -0.2) is 0 Å². The maximum absolute atomic E-state index is 12.0. The van der Waals surface area contributed by atoms with Gasteiger partial charge in [0.15, 0.2) is 0 Å². The summed E-state index contributed by atoms with van der Waals surface area (Å²) in [6.07, 6.45) is 1.55. The van der Waals surface area contributed by atoms with Crippen LogP contribution in [0.1, 0.15) is 40.0 Å². The third-order valence-corrected chi connectivity index (χ3v) is 3.95. The molecular weight excluding hydrogens is 216 g/mol. The standard InChI is InChI=1S/C14H18O3/c1-7(2)10-6-11-9(4-5-12(11)15)8(3)13(16)14(10)17/h11-12,15H,4-6H2,1-3H3/t11-,12+/m0/s1. The molecule has 17 heavy (non-hydrogen) atoms. The summed E-state index contributed by atoms with van der Waals surface area (Å²) in [6, 6.07) is 0. The molecule has 0 spiro atoms. The Kier molecular flexibility index (Phi) is 3.04. The Morgan fingerprint density at radius 3 is 2.47 bits per heavy atom. The van der Waals surface area contributed by atoms with Gasteiger partial charge in [-0.05, 0) is 40.0 Å². The van der Waals surface area contributed by atoms with Gasteiger partial charge in [-0.2, -0.15) is 0 Å². The van der Waals surface area contributed by atoms with E-state index in [1.54, 1.807) is 6.92 Å². The van der Waals surface area contributed by atoms with Crippen molar-refractivity contribution in [3.63, 3.8) is 0 Å². The van der Waals surface area contributed by atoms with Crippen molar-refractivity contribution in [2.24, 2.45) is 5.92 Å². The second-order valence-electron chi connectivity index (χ2n) is 5.20. The monoisotopic (exact) mass is 234 g/mol. The Hall–Kier alpha value is -1.22. The quantitative estimate of drug-likeness (QED) is 0.515. The molecule has 0 heterocycles. The van der Waals surface area contributed by atoms with E-state index in [0.717, 1.165) is 17.6 Å². The maximum Gasteiger partial charge on any atom is 0.229 e. The minimum absolute atomic E-state index is 0.0321. The van der Waals surface area contributed by atoms with Crippen LogP contribution in [0.15, 0.2) is 22.3 Å². The van der Waals surface area contributed by atoms with Crippen molar-refractivity contribution >= 4 is 11.6 Å². The second-order valence-corrected chi connectivity index (χ2v) is 5.20. The van der Waals surface area contributed by atoms with Crippen LogP contribution in [0.5, 0.6) is 0 Å². The third-order valence-electron chi connectivity index (χ3n) is 3.95. The first-order valence-electron chi connectivity index (χ1n) is 6.06. The topological polar surface area (TPSA) is 54.4 Å². The zero-order valence-electron chi connectivity index (χ0n) is 10.5. The highest BCUT2D eigenvalue weighted by Gasteiger charge is 2.39. The second kappa shape index (κ2) is 4.22. The van der Waals surface area contributed by atoms with E-state index < -0.39 is 6.10 Å².